The lowest BCUT2D eigenvalue weighted by molar-refractivity contribution is 0.00737. The van der Waals surface area contributed by atoms with Crippen LogP contribution in [0.1, 0.15) is 19.4 Å². The van der Waals surface area contributed by atoms with Crippen LogP contribution in [0.2, 0.25) is 5.02 Å². The summed E-state index contributed by atoms with van der Waals surface area (Å²) >= 11 is 5.58. The van der Waals surface area contributed by atoms with Crippen molar-refractivity contribution in [2.75, 3.05) is 6.61 Å². The lowest BCUT2D eigenvalue weighted by atomic mass is 9.84. The Balaban J connectivity index is 1.99. The molecule has 0 amide bonds. The second-order valence-electron chi connectivity index (χ2n) is 6.05. The van der Waals surface area contributed by atoms with Crippen molar-refractivity contribution in [3.8, 4) is 5.75 Å². The fourth-order valence-corrected chi connectivity index (χ4v) is 2.87. The quantitative estimate of drug-likeness (QED) is 0.566. The molecule has 1 atom stereocenters. The summed E-state index contributed by atoms with van der Waals surface area (Å²) in [5.74, 6) is -4.16. The molecule has 128 valence electrons. The summed E-state index contributed by atoms with van der Waals surface area (Å²) < 4.78 is 66.1. The average Bonchev–Trinajstić information content (AvgIpc) is 3.25. The first-order valence-electron chi connectivity index (χ1n) is 7.09. The first-order chi connectivity index (χ1) is 11.2. The largest absolute Gasteiger partial charge is 0.478 e. The molecule has 0 spiro atoms. The minimum Gasteiger partial charge on any atom is -0.478 e. The second kappa shape index (κ2) is 5.63. The predicted molar refractivity (Wildman–Crippen MR) is 80.1 cm³/mol. The highest BCUT2D eigenvalue weighted by atomic mass is 35.5. The molecule has 0 aromatic heterocycles. The number of epoxide rings is 1. The molecule has 1 saturated heterocycles. The van der Waals surface area contributed by atoms with E-state index in [2.05, 4.69) is 0 Å². The molecule has 1 aliphatic rings. The van der Waals surface area contributed by atoms with Crippen molar-refractivity contribution in [2.24, 2.45) is 0 Å². The zero-order valence-corrected chi connectivity index (χ0v) is 13.6. The summed E-state index contributed by atoms with van der Waals surface area (Å²) in [5.41, 5.74) is -2.55. The molecule has 2 nitrogen and oxygen atoms in total. The zero-order chi connectivity index (χ0) is 17.7. The maximum Gasteiger partial charge on any atom is 0.191 e. The van der Waals surface area contributed by atoms with E-state index in [1.165, 1.54) is 19.9 Å². The van der Waals surface area contributed by atoms with Gasteiger partial charge in [-0.2, -0.15) is 0 Å². The standard InChI is InChI=1S/C17H13ClF4O2/c1-16(2,24-15-13(21)5-9(18)6-14(15)22)17(8-23-17)11-4-3-10(19)7-12(11)20/h3-7H,8H2,1-2H3. The molecule has 1 fully saturated rings. The van der Waals surface area contributed by atoms with Crippen molar-refractivity contribution in [1.82, 2.24) is 0 Å². The van der Waals surface area contributed by atoms with Crippen molar-refractivity contribution in [3.63, 3.8) is 0 Å². The summed E-state index contributed by atoms with van der Waals surface area (Å²) in [5, 5.41) is -0.114. The van der Waals surface area contributed by atoms with E-state index in [0.29, 0.717) is 0 Å². The van der Waals surface area contributed by atoms with Crippen molar-refractivity contribution < 1.29 is 27.0 Å². The summed E-state index contributed by atoms with van der Waals surface area (Å²) in [7, 11) is 0. The van der Waals surface area contributed by atoms with Crippen molar-refractivity contribution in [3.05, 3.63) is 64.2 Å². The van der Waals surface area contributed by atoms with E-state index >= 15 is 0 Å². The summed E-state index contributed by atoms with van der Waals surface area (Å²) in [6, 6.07) is 4.86. The van der Waals surface area contributed by atoms with Crippen LogP contribution in [0.4, 0.5) is 17.6 Å². The lowest BCUT2D eigenvalue weighted by Crippen LogP contribution is -2.44. The van der Waals surface area contributed by atoms with E-state index in [9.17, 15) is 17.6 Å². The molecule has 7 heteroatoms. The Morgan fingerprint density at radius 2 is 1.62 bits per heavy atom. The van der Waals surface area contributed by atoms with E-state index in [-0.39, 0.29) is 17.2 Å². The van der Waals surface area contributed by atoms with Gasteiger partial charge in [0.25, 0.3) is 0 Å². The fourth-order valence-electron chi connectivity index (χ4n) is 2.68. The molecule has 24 heavy (non-hydrogen) atoms. The van der Waals surface area contributed by atoms with Gasteiger partial charge in [-0.05, 0) is 32.0 Å². The van der Waals surface area contributed by atoms with Gasteiger partial charge in [0.05, 0.1) is 6.61 Å². The van der Waals surface area contributed by atoms with Crippen LogP contribution in [0.3, 0.4) is 0 Å². The van der Waals surface area contributed by atoms with Crippen molar-refractivity contribution in [2.45, 2.75) is 25.0 Å². The van der Waals surface area contributed by atoms with Gasteiger partial charge in [-0.1, -0.05) is 17.7 Å². The Labute approximate surface area is 140 Å². The average molecular weight is 361 g/mol. The third-order valence-electron chi connectivity index (χ3n) is 4.09. The maximum atomic E-state index is 14.1. The normalized spacial score (nSPS) is 20.1. The molecule has 1 aliphatic heterocycles. The van der Waals surface area contributed by atoms with E-state index in [1.807, 2.05) is 0 Å². The summed E-state index contributed by atoms with van der Waals surface area (Å²) in [6.45, 7) is 3.09. The maximum absolute atomic E-state index is 14.1. The molecule has 0 radical (unpaired) electrons. The fraction of sp³-hybridized carbons (Fsp3) is 0.294. The number of ether oxygens (including phenoxy) is 2. The van der Waals surface area contributed by atoms with Gasteiger partial charge in [-0.25, -0.2) is 17.6 Å². The van der Waals surface area contributed by atoms with Gasteiger partial charge >= 0.3 is 0 Å². The monoisotopic (exact) mass is 360 g/mol. The van der Waals surface area contributed by atoms with Crippen molar-refractivity contribution >= 4 is 11.6 Å². The highest BCUT2D eigenvalue weighted by Gasteiger charge is 2.61. The van der Waals surface area contributed by atoms with Gasteiger partial charge in [-0.3, -0.25) is 0 Å². The molecule has 0 saturated carbocycles. The zero-order valence-electron chi connectivity index (χ0n) is 12.8. The minimum absolute atomic E-state index is 0.0590. The first-order valence-corrected chi connectivity index (χ1v) is 7.47. The van der Waals surface area contributed by atoms with Crippen LogP contribution < -0.4 is 4.74 Å². The Morgan fingerprint density at radius 3 is 2.12 bits per heavy atom. The van der Waals surface area contributed by atoms with Crippen LogP contribution >= 0.6 is 11.6 Å². The molecule has 2 aromatic rings. The van der Waals surface area contributed by atoms with Crippen LogP contribution in [-0.2, 0) is 10.3 Å². The molecule has 2 aromatic carbocycles. The molecule has 3 rings (SSSR count). The number of hydrogen-bond acceptors (Lipinski definition) is 2. The van der Waals surface area contributed by atoms with Gasteiger partial charge in [-0.15, -0.1) is 0 Å². The summed E-state index contributed by atoms with van der Waals surface area (Å²) in [4.78, 5) is 0. The molecular formula is C17H13ClF4O2. The SMILES string of the molecule is CC(C)(Oc1c(F)cc(Cl)cc1F)C1(c2ccc(F)cc2F)CO1. The Bertz CT molecular complexity index is 780. The van der Waals surface area contributed by atoms with Gasteiger partial charge < -0.3 is 9.47 Å². The lowest BCUT2D eigenvalue weighted by Gasteiger charge is -2.33. The van der Waals surface area contributed by atoms with E-state index in [1.54, 1.807) is 0 Å². The highest BCUT2D eigenvalue weighted by Crippen LogP contribution is 2.51. The number of rotatable bonds is 4. The van der Waals surface area contributed by atoms with Gasteiger partial charge in [0.1, 0.15) is 17.2 Å². The third kappa shape index (κ3) is 2.74. The number of halogens is 5. The van der Waals surface area contributed by atoms with Gasteiger partial charge in [0, 0.05) is 16.7 Å². The molecule has 0 bridgehead atoms. The predicted octanol–water partition coefficient (Wildman–Crippen LogP) is 4.98. The Kier molecular flexibility index (Phi) is 4.00. The third-order valence-corrected chi connectivity index (χ3v) is 4.31. The van der Waals surface area contributed by atoms with Crippen LogP contribution in [0.25, 0.3) is 0 Å². The molecule has 1 unspecified atom stereocenters. The Morgan fingerprint density at radius 1 is 1.04 bits per heavy atom. The van der Waals surface area contributed by atoms with E-state index in [4.69, 9.17) is 21.1 Å². The minimum atomic E-state index is -1.33. The number of benzene rings is 2. The summed E-state index contributed by atoms with van der Waals surface area (Å²) in [6.07, 6.45) is 0. The molecule has 1 heterocycles. The highest BCUT2D eigenvalue weighted by molar-refractivity contribution is 6.30. The first kappa shape index (κ1) is 17.0. The van der Waals surface area contributed by atoms with Crippen LogP contribution in [-0.4, -0.2) is 12.2 Å². The topological polar surface area (TPSA) is 21.8 Å². The Hall–Kier alpha value is -1.79. The van der Waals surface area contributed by atoms with E-state index < -0.39 is 40.2 Å². The molecular weight excluding hydrogens is 348 g/mol. The smallest absolute Gasteiger partial charge is 0.191 e. The molecule has 0 aliphatic carbocycles. The number of hydrogen-bond donors (Lipinski definition) is 0. The van der Waals surface area contributed by atoms with E-state index in [0.717, 1.165) is 24.3 Å². The van der Waals surface area contributed by atoms with Crippen LogP contribution in [0.15, 0.2) is 30.3 Å². The molecule has 0 N–H and O–H groups in total. The van der Waals surface area contributed by atoms with Gasteiger partial charge in [0.15, 0.2) is 23.0 Å². The van der Waals surface area contributed by atoms with Crippen molar-refractivity contribution in [1.29, 1.82) is 0 Å². The van der Waals surface area contributed by atoms with Crippen LogP contribution in [0.5, 0.6) is 5.75 Å². The van der Waals surface area contributed by atoms with Crippen LogP contribution in [0, 0.1) is 23.3 Å². The van der Waals surface area contributed by atoms with Gasteiger partial charge in [0.2, 0.25) is 0 Å². The second-order valence-corrected chi connectivity index (χ2v) is 6.49.